The third kappa shape index (κ3) is 1.18. The molecule has 1 saturated heterocycles. The third-order valence-electron chi connectivity index (χ3n) is 2.69. The van der Waals surface area contributed by atoms with Gasteiger partial charge < -0.3 is 5.32 Å². The SMILES string of the molecule is CNC1CCN(C2CC2)C1. The summed E-state index contributed by atoms with van der Waals surface area (Å²) in [6.45, 7) is 2.62. The second-order valence-electron chi connectivity index (χ2n) is 3.50. The van der Waals surface area contributed by atoms with Crippen LogP contribution in [0.1, 0.15) is 19.3 Å². The second-order valence-corrected chi connectivity index (χ2v) is 3.50. The van der Waals surface area contributed by atoms with Crippen molar-refractivity contribution in [1.82, 2.24) is 10.2 Å². The van der Waals surface area contributed by atoms with E-state index in [4.69, 9.17) is 0 Å². The van der Waals surface area contributed by atoms with E-state index in [1.165, 1.54) is 32.4 Å². The van der Waals surface area contributed by atoms with E-state index in [1.807, 2.05) is 0 Å². The normalized spacial score (nSPS) is 35.1. The Morgan fingerprint density at radius 3 is 2.60 bits per heavy atom. The van der Waals surface area contributed by atoms with Crippen LogP contribution in [0.5, 0.6) is 0 Å². The molecule has 2 fully saturated rings. The average molecular weight is 140 g/mol. The molecule has 2 nitrogen and oxygen atoms in total. The van der Waals surface area contributed by atoms with E-state index in [-0.39, 0.29) is 0 Å². The van der Waals surface area contributed by atoms with Gasteiger partial charge in [-0.2, -0.15) is 0 Å². The van der Waals surface area contributed by atoms with Gasteiger partial charge in [0, 0.05) is 25.2 Å². The quantitative estimate of drug-likeness (QED) is 0.599. The molecule has 0 radical (unpaired) electrons. The van der Waals surface area contributed by atoms with Gasteiger partial charge in [0.15, 0.2) is 0 Å². The van der Waals surface area contributed by atoms with E-state index < -0.39 is 0 Å². The van der Waals surface area contributed by atoms with Crippen LogP contribution >= 0.6 is 0 Å². The molecule has 0 spiro atoms. The van der Waals surface area contributed by atoms with Crippen LogP contribution in [0, 0.1) is 0 Å². The van der Waals surface area contributed by atoms with Gasteiger partial charge in [0.05, 0.1) is 0 Å². The summed E-state index contributed by atoms with van der Waals surface area (Å²) >= 11 is 0. The number of nitrogens with zero attached hydrogens (tertiary/aromatic N) is 1. The summed E-state index contributed by atoms with van der Waals surface area (Å²) < 4.78 is 0. The predicted octanol–water partition coefficient (Wildman–Crippen LogP) is 0.442. The molecule has 1 atom stereocenters. The van der Waals surface area contributed by atoms with Crippen LogP contribution in [-0.4, -0.2) is 37.1 Å². The zero-order valence-electron chi connectivity index (χ0n) is 6.64. The maximum atomic E-state index is 3.33. The molecule has 1 aliphatic heterocycles. The van der Waals surface area contributed by atoms with E-state index in [1.54, 1.807) is 0 Å². The van der Waals surface area contributed by atoms with Crippen molar-refractivity contribution in [1.29, 1.82) is 0 Å². The lowest BCUT2D eigenvalue weighted by atomic mass is 10.3. The first kappa shape index (κ1) is 6.62. The fourth-order valence-corrected chi connectivity index (χ4v) is 1.79. The molecular formula is C8H16N2. The number of rotatable bonds is 2. The van der Waals surface area contributed by atoms with Gasteiger partial charge in [0.2, 0.25) is 0 Å². The van der Waals surface area contributed by atoms with Crippen LogP contribution in [0.15, 0.2) is 0 Å². The van der Waals surface area contributed by atoms with Crippen molar-refractivity contribution in [3.8, 4) is 0 Å². The smallest absolute Gasteiger partial charge is 0.0204 e. The van der Waals surface area contributed by atoms with Crippen LogP contribution < -0.4 is 5.32 Å². The Hall–Kier alpha value is -0.0800. The molecule has 0 bridgehead atoms. The van der Waals surface area contributed by atoms with Crippen molar-refractivity contribution in [2.24, 2.45) is 0 Å². The number of hydrogen-bond donors (Lipinski definition) is 1. The van der Waals surface area contributed by atoms with Crippen LogP contribution in [0.25, 0.3) is 0 Å². The summed E-state index contributed by atoms with van der Waals surface area (Å²) in [6, 6.07) is 1.75. The molecule has 0 amide bonds. The van der Waals surface area contributed by atoms with Crippen molar-refractivity contribution in [3.05, 3.63) is 0 Å². The van der Waals surface area contributed by atoms with Gasteiger partial charge in [-0.25, -0.2) is 0 Å². The summed E-state index contributed by atoms with van der Waals surface area (Å²) in [5.74, 6) is 0. The molecule has 2 aliphatic rings. The first-order chi connectivity index (χ1) is 4.90. The first-order valence-electron chi connectivity index (χ1n) is 4.31. The molecule has 2 heteroatoms. The van der Waals surface area contributed by atoms with Crippen molar-refractivity contribution in [2.75, 3.05) is 20.1 Å². The first-order valence-corrected chi connectivity index (χ1v) is 4.31. The predicted molar refractivity (Wildman–Crippen MR) is 42.1 cm³/mol. The molecule has 1 unspecified atom stereocenters. The molecule has 0 aromatic carbocycles. The lowest BCUT2D eigenvalue weighted by Crippen LogP contribution is -2.30. The topological polar surface area (TPSA) is 15.3 Å². The van der Waals surface area contributed by atoms with Crippen LogP contribution in [0.4, 0.5) is 0 Å². The van der Waals surface area contributed by atoms with Crippen LogP contribution in [0.3, 0.4) is 0 Å². The van der Waals surface area contributed by atoms with E-state index in [0.29, 0.717) is 0 Å². The van der Waals surface area contributed by atoms with E-state index >= 15 is 0 Å². The number of likely N-dealkylation sites (tertiary alicyclic amines) is 1. The molecule has 1 aliphatic carbocycles. The third-order valence-corrected chi connectivity index (χ3v) is 2.69. The maximum Gasteiger partial charge on any atom is 0.0204 e. The van der Waals surface area contributed by atoms with Crippen molar-refractivity contribution < 1.29 is 0 Å². The average Bonchev–Trinajstić information content (AvgIpc) is 2.70. The Kier molecular flexibility index (Phi) is 1.66. The van der Waals surface area contributed by atoms with Crippen molar-refractivity contribution in [2.45, 2.75) is 31.3 Å². The second kappa shape index (κ2) is 2.51. The Morgan fingerprint density at radius 2 is 2.10 bits per heavy atom. The zero-order chi connectivity index (χ0) is 6.97. The van der Waals surface area contributed by atoms with E-state index in [2.05, 4.69) is 17.3 Å². The monoisotopic (exact) mass is 140 g/mol. The lowest BCUT2D eigenvalue weighted by molar-refractivity contribution is 0.320. The highest BCUT2D eigenvalue weighted by molar-refractivity contribution is 4.91. The van der Waals surface area contributed by atoms with Gasteiger partial charge in [-0.05, 0) is 26.3 Å². The van der Waals surface area contributed by atoms with Crippen LogP contribution in [-0.2, 0) is 0 Å². The number of likely N-dealkylation sites (N-methyl/N-ethyl adjacent to an activating group) is 1. The summed E-state index contributed by atoms with van der Waals surface area (Å²) in [5, 5.41) is 3.33. The molecule has 10 heavy (non-hydrogen) atoms. The molecule has 0 aromatic heterocycles. The summed E-state index contributed by atoms with van der Waals surface area (Å²) in [5.41, 5.74) is 0. The minimum absolute atomic E-state index is 0.778. The Morgan fingerprint density at radius 1 is 1.30 bits per heavy atom. The molecule has 0 aromatic rings. The van der Waals surface area contributed by atoms with Crippen molar-refractivity contribution in [3.63, 3.8) is 0 Å². The largest absolute Gasteiger partial charge is 0.316 e. The molecule has 2 rings (SSSR count). The Balaban J connectivity index is 1.81. The fourth-order valence-electron chi connectivity index (χ4n) is 1.79. The van der Waals surface area contributed by atoms with Crippen LogP contribution in [0.2, 0.25) is 0 Å². The van der Waals surface area contributed by atoms with E-state index in [0.717, 1.165) is 12.1 Å². The van der Waals surface area contributed by atoms with Gasteiger partial charge in [-0.3, -0.25) is 4.90 Å². The highest BCUT2D eigenvalue weighted by atomic mass is 15.2. The highest BCUT2D eigenvalue weighted by Crippen LogP contribution is 2.29. The summed E-state index contributed by atoms with van der Waals surface area (Å²) in [6.07, 6.45) is 4.26. The van der Waals surface area contributed by atoms with Gasteiger partial charge >= 0.3 is 0 Å². The molecule has 58 valence electrons. The molecule has 1 heterocycles. The van der Waals surface area contributed by atoms with Crippen molar-refractivity contribution >= 4 is 0 Å². The summed E-state index contributed by atoms with van der Waals surface area (Å²) in [7, 11) is 2.07. The van der Waals surface area contributed by atoms with Gasteiger partial charge in [-0.15, -0.1) is 0 Å². The van der Waals surface area contributed by atoms with Gasteiger partial charge in [0.25, 0.3) is 0 Å². The molecular weight excluding hydrogens is 124 g/mol. The number of hydrogen-bond acceptors (Lipinski definition) is 2. The minimum atomic E-state index is 0.778. The maximum absolute atomic E-state index is 3.33. The summed E-state index contributed by atoms with van der Waals surface area (Å²) in [4.78, 5) is 2.63. The van der Waals surface area contributed by atoms with E-state index in [9.17, 15) is 0 Å². The van der Waals surface area contributed by atoms with Gasteiger partial charge in [0.1, 0.15) is 0 Å². The molecule has 1 N–H and O–H groups in total. The highest BCUT2D eigenvalue weighted by Gasteiger charge is 2.33. The zero-order valence-corrected chi connectivity index (χ0v) is 6.64. The number of nitrogens with one attached hydrogen (secondary N) is 1. The minimum Gasteiger partial charge on any atom is -0.316 e. The lowest BCUT2D eigenvalue weighted by Gasteiger charge is -2.13. The molecule has 1 saturated carbocycles. The standard InChI is InChI=1S/C8H16N2/c1-9-7-4-5-10(6-7)8-2-3-8/h7-9H,2-6H2,1H3. The fraction of sp³-hybridized carbons (Fsp3) is 1.00. The Labute approximate surface area is 62.6 Å². The Bertz CT molecular complexity index is 120. The van der Waals surface area contributed by atoms with Gasteiger partial charge in [-0.1, -0.05) is 0 Å².